The number of esters is 1. The predicted molar refractivity (Wildman–Crippen MR) is 182 cm³/mol. The molecule has 0 saturated heterocycles. The smallest absolute Gasteiger partial charge is 0.338 e. The highest BCUT2D eigenvalue weighted by molar-refractivity contribution is 5.91. The van der Waals surface area contributed by atoms with E-state index in [0.29, 0.717) is 60.4 Å². The van der Waals surface area contributed by atoms with Gasteiger partial charge in [-0.1, -0.05) is 120 Å². The number of benzene rings is 1. The summed E-state index contributed by atoms with van der Waals surface area (Å²) in [5.41, 5.74) is 0.428. The van der Waals surface area contributed by atoms with Gasteiger partial charge in [0.15, 0.2) is 11.5 Å². The highest BCUT2D eigenvalue weighted by atomic mass is 16.5. The summed E-state index contributed by atoms with van der Waals surface area (Å²) >= 11 is 0. The second kappa shape index (κ2) is 22.6. The Kier molecular flexibility index (Phi) is 20.5. The van der Waals surface area contributed by atoms with Crippen LogP contribution in [-0.2, 0) is 4.74 Å². The summed E-state index contributed by atoms with van der Waals surface area (Å²) in [6.07, 6.45) is 14.0. The van der Waals surface area contributed by atoms with Crippen molar-refractivity contribution >= 4 is 5.97 Å². The van der Waals surface area contributed by atoms with Gasteiger partial charge in [-0.05, 0) is 66.9 Å². The fourth-order valence-electron chi connectivity index (χ4n) is 5.33. The van der Waals surface area contributed by atoms with Gasteiger partial charge in [0.05, 0.1) is 32.5 Å². The quantitative estimate of drug-likeness (QED) is 0.104. The zero-order valence-corrected chi connectivity index (χ0v) is 29.8. The van der Waals surface area contributed by atoms with Crippen LogP contribution in [0, 0.1) is 35.5 Å². The van der Waals surface area contributed by atoms with Crippen molar-refractivity contribution in [2.24, 2.45) is 35.5 Å². The van der Waals surface area contributed by atoms with E-state index in [9.17, 15) is 4.79 Å². The third-order valence-electron chi connectivity index (χ3n) is 8.47. The first-order chi connectivity index (χ1) is 20.4. The molecule has 250 valence electrons. The zero-order valence-electron chi connectivity index (χ0n) is 29.8. The molecule has 1 rings (SSSR count). The first-order valence-electron chi connectivity index (χ1n) is 17.6. The number of ether oxygens (including phenoxy) is 4. The third-order valence-corrected chi connectivity index (χ3v) is 8.47. The topological polar surface area (TPSA) is 54.0 Å². The minimum Gasteiger partial charge on any atom is -0.490 e. The van der Waals surface area contributed by atoms with E-state index in [2.05, 4.69) is 62.3 Å². The van der Waals surface area contributed by atoms with Crippen LogP contribution in [-0.4, -0.2) is 32.9 Å². The minimum atomic E-state index is -0.399. The van der Waals surface area contributed by atoms with Crippen molar-refractivity contribution in [2.75, 3.05) is 26.9 Å². The fourth-order valence-corrected chi connectivity index (χ4v) is 5.33. The Bertz CT molecular complexity index is 815. The number of hydrogen-bond acceptors (Lipinski definition) is 5. The standard InChI is InChI=1S/C38H68O5/c1-28(2)14-11-17-31(7)20-23-41-35-26-34(38(39)40-10)27-36(42-24-21-32(8)18-12-15-29(3)4)37(35)43-25-22-33(9)19-13-16-30(5)6/h26-33H,11-25H2,1-10H3/t31-,32-,33-/m0/s1. The molecule has 0 N–H and O–H groups in total. The summed E-state index contributed by atoms with van der Waals surface area (Å²) in [5.74, 6) is 5.32. The van der Waals surface area contributed by atoms with Crippen molar-refractivity contribution in [3.63, 3.8) is 0 Å². The zero-order chi connectivity index (χ0) is 32.2. The molecule has 0 radical (unpaired) electrons. The van der Waals surface area contributed by atoms with Crippen LogP contribution >= 0.6 is 0 Å². The molecule has 0 aliphatic carbocycles. The molecule has 1 aromatic carbocycles. The monoisotopic (exact) mass is 605 g/mol. The summed E-state index contributed by atoms with van der Waals surface area (Å²) in [6, 6.07) is 3.52. The van der Waals surface area contributed by atoms with E-state index in [1.807, 2.05) is 0 Å². The van der Waals surface area contributed by atoms with Gasteiger partial charge in [-0.2, -0.15) is 0 Å². The number of rotatable bonds is 25. The maximum absolute atomic E-state index is 12.6. The Morgan fingerprint density at radius 3 is 1.21 bits per heavy atom. The van der Waals surface area contributed by atoms with Crippen molar-refractivity contribution < 1.29 is 23.7 Å². The Morgan fingerprint density at radius 2 is 0.884 bits per heavy atom. The van der Waals surface area contributed by atoms with Crippen LogP contribution < -0.4 is 14.2 Å². The van der Waals surface area contributed by atoms with Gasteiger partial charge in [0, 0.05) is 0 Å². The molecule has 5 heteroatoms. The molecule has 43 heavy (non-hydrogen) atoms. The van der Waals surface area contributed by atoms with Gasteiger partial charge in [0.1, 0.15) is 0 Å². The van der Waals surface area contributed by atoms with Crippen LogP contribution in [0.25, 0.3) is 0 Å². The average molecular weight is 605 g/mol. The van der Waals surface area contributed by atoms with E-state index in [4.69, 9.17) is 18.9 Å². The van der Waals surface area contributed by atoms with Gasteiger partial charge in [0.2, 0.25) is 5.75 Å². The summed E-state index contributed by atoms with van der Waals surface area (Å²) in [4.78, 5) is 12.6. The number of hydrogen-bond donors (Lipinski definition) is 0. The maximum atomic E-state index is 12.6. The lowest BCUT2D eigenvalue weighted by Crippen LogP contribution is -2.12. The van der Waals surface area contributed by atoms with Gasteiger partial charge in [0.25, 0.3) is 0 Å². The van der Waals surface area contributed by atoms with E-state index in [0.717, 1.165) is 37.0 Å². The number of carbonyl (C=O) groups excluding carboxylic acids is 1. The maximum Gasteiger partial charge on any atom is 0.338 e. The highest BCUT2D eigenvalue weighted by Crippen LogP contribution is 2.40. The number of carbonyl (C=O) groups is 1. The molecular weight excluding hydrogens is 536 g/mol. The van der Waals surface area contributed by atoms with Gasteiger partial charge >= 0.3 is 5.97 Å². The Labute approximate surface area is 266 Å². The predicted octanol–water partition coefficient (Wildman–Crippen LogP) is 11.2. The molecule has 0 saturated carbocycles. The molecular formula is C38H68O5. The van der Waals surface area contributed by atoms with Gasteiger partial charge < -0.3 is 18.9 Å². The van der Waals surface area contributed by atoms with Crippen LogP contribution in [0.5, 0.6) is 17.2 Å². The second-order valence-electron chi connectivity index (χ2n) is 14.5. The van der Waals surface area contributed by atoms with Crippen molar-refractivity contribution in [1.29, 1.82) is 0 Å². The molecule has 3 atom stereocenters. The molecule has 0 aliphatic rings. The van der Waals surface area contributed by atoms with E-state index < -0.39 is 5.97 Å². The SMILES string of the molecule is COC(=O)c1cc(OCC[C@@H](C)CCCC(C)C)c(OCC[C@@H](C)CCCC(C)C)c(OCC[C@@H](C)CCCC(C)C)c1. The Morgan fingerprint density at radius 1 is 0.535 bits per heavy atom. The second-order valence-corrected chi connectivity index (χ2v) is 14.5. The molecule has 0 bridgehead atoms. The molecule has 0 aliphatic heterocycles. The molecule has 0 amide bonds. The summed E-state index contributed by atoms with van der Waals surface area (Å²) in [5, 5.41) is 0. The van der Waals surface area contributed by atoms with Crippen molar-refractivity contribution in [3.8, 4) is 17.2 Å². The number of methoxy groups -OCH3 is 1. The third kappa shape index (κ3) is 18.5. The van der Waals surface area contributed by atoms with E-state index >= 15 is 0 Å². The van der Waals surface area contributed by atoms with E-state index in [-0.39, 0.29) is 0 Å². The molecule has 0 aromatic heterocycles. The van der Waals surface area contributed by atoms with E-state index in [1.54, 1.807) is 12.1 Å². The lowest BCUT2D eigenvalue weighted by Gasteiger charge is -2.21. The van der Waals surface area contributed by atoms with Crippen LogP contribution in [0.2, 0.25) is 0 Å². The Balaban J connectivity index is 3.02. The Hall–Kier alpha value is -1.91. The molecule has 1 aromatic rings. The summed E-state index contributed by atoms with van der Waals surface area (Å²) in [7, 11) is 1.41. The first kappa shape index (κ1) is 39.1. The fraction of sp³-hybridized carbons (Fsp3) is 0.816. The van der Waals surface area contributed by atoms with Crippen molar-refractivity contribution in [1.82, 2.24) is 0 Å². The van der Waals surface area contributed by atoms with E-state index in [1.165, 1.54) is 64.9 Å². The van der Waals surface area contributed by atoms with Crippen LogP contribution in [0.1, 0.15) is 150 Å². The average Bonchev–Trinajstić information content (AvgIpc) is 2.92. The molecule has 0 fully saturated rings. The highest BCUT2D eigenvalue weighted by Gasteiger charge is 2.20. The van der Waals surface area contributed by atoms with Gasteiger partial charge in [-0.15, -0.1) is 0 Å². The summed E-state index contributed by atoms with van der Waals surface area (Å²) < 4.78 is 24.2. The van der Waals surface area contributed by atoms with Gasteiger partial charge in [-0.25, -0.2) is 4.79 Å². The van der Waals surface area contributed by atoms with Gasteiger partial charge in [-0.3, -0.25) is 0 Å². The molecule has 0 spiro atoms. The normalized spacial score (nSPS) is 13.8. The lowest BCUT2D eigenvalue weighted by molar-refractivity contribution is 0.0599. The molecule has 0 heterocycles. The van der Waals surface area contributed by atoms with Crippen LogP contribution in [0.15, 0.2) is 12.1 Å². The first-order valence-corrected chi connectivity index (χ1v) is 17.6. The largest absolute Gasteiger partial charge is 0.490 e. The lowest BCUT2D eigenvalue weighted by atomic mass is 9.97. The summed E-state index contributed by atoms with van der Waals surface area (Å²) in [6.45, 7) is 22.3. The minimum absolute atomic E-state index is 0.399. The molecule has 0 unspecified atom stereocenters. The van der Waals surface area contributed by atoms with Crippen LogP contribution in [0.4, 0.5) is 0 Å². The van der Waals surface area contributed by atoms with Crippen molar-refractivity contribution in [3.05, 3.63) is 17.7 Å². The van der Waals surface area contributed by atoms with Crippen molar-refractivity contribution in [2.45, 2.75) is 139 Å². The molecule has 5 nitrogen and oxygen atoms in total. The van der Waals surface area contributed by atoms with Crippen LogP contribution in [0.3, 0.4) is 0 Å².